The van der Waals surface area contributed by atoms with Crippen LogP contribution in [0.1, 0.15) is 25.5 Å². The predicted octanol–water partition coefficient (Wildman–Crippen LogP) is 1.46. The number of nitrogens with zero attached hydrogens (tertiary/aromatic N) is 2. The maximum Gasteiger partial charge on any atom is 0.0787 e. The number of aromatic nitrogens is 1. The molecule has 0 aliphatic rings. The Morgan fingerprint density at radius 3 is 2.14 bits per heavy atom. The summed E-state index contributed by atoms with van der Waals surface area (Å²) in [6, 6.07) is 3.86. The zero-order valence-electron chi connectivity index (χ0n) is 9.23. The van der Waals surface area contributed by atoms with Crippen molar-refractivity contribution in [2.45, 2.75) is 25.5 Å². The lowest BCUT2D eigenvalue weighted by Gasteiger charge is -2.34. The zero-order chi connectivity index (χ0) is 10.8. The fraction of sp³-hybridized carbons (Fsp3) is 0.545. The quantitative estimate of drug-likeness (QED) is 0.791. The SMILES string of the molecule is CN(C)C(c1ccncc1)C(C)(C)O. The fourth-order valence-electron chi connectivity index (χ4n) is 1.88. The maximum atomic E-state index is 10.0. The van der Waals surface area contributed by atoms with Crippen LogP contribution in [0.3, 0.4) is 0 Å². The van der Waals surface area contributed by atoms with E-state index in [1.54, 1.807) is 12.4 Å². The number of likely N-dealkylation sites (N-methyl/N-ethyl adjacent to an activating group) is 1. The molecule has 1 heterocycles. The Hall–Kier alpha value is -0.930. The van der Waals surface area contributed by atoms with Crippen molar-refractivity contribution in [2.75, 3.05) is 14.1 Å². The number of hydrogen-bond acceptors (Lipinski definition) is 3. The van der Waals surface area contributed by atoms with Crippen LogP contribution in [-0.2, 0) is 0 Å². The highest BCUT2D eigenvalue weighted by molar-refractivity contribution is 5.18. The van der Waals surface area contributed by atoms with Gasteiger partial charge in [-0.15, -0.1) is 0 Å². The fourth-order valence-corrected chi connectivity index (χ4v) is 1.88. The maximum absolute atomic E-state index is 10.0. The largest absolute Gasteiger partial charge is 0.388 e. The van der Waals surface area contributed by atoms with Gasteiger partial charge in [0, 0.05) is 12.4 Å². The van der Waals surface area contributed by atoms with Gasteiger partial charge in [-0.1, -0.05) is 0 Å². The van der Waals surface area contributed by atoms with Gasteiger partial charge in [0.1, 0.15) is 0 Å². The molecule has 1 unspecified atom stereocenters. The van der Waals surface area contributed by atoms with Gasteiger partial charge in [0.05, 0.1) is 11.6 Å². The smallest absolute Gasteiger partial charge is 0.0787 e. The Kier molecular flexibility index (Phi) is 3.24. The second-order valence-corrected chi connectivity index (χ2v) is 4.30. The molecule has 1 N–H and O–H groups in total. The number of hydrogen-bond donors (Lipinski definition) is 1. The van der Waals surface area contributed by atoms with Gasteiger partial charge >= 0.3 is 0 Å². The summed E-state index contributed by atoms with van der Waals surface area (Å²) in [4.78, 5) is 5.98. The first-order valence-corrected chi connectivity index (χ1v) is 4.71. The van der Waals surface area contributed by atoms with Crippen molar-refractivity contribution in [1.82, 2.24) is 9.88 Å². The van der Waals surface area contributed by atoms with Crippen LogP contribution in [0.4, 0.5) is 0 Å². The van der Waals surface area contributed by atoms with E-state index < -0.39 is 5.60 Å². The standard InChI is InChI=1S/C11H18N2O/c1-11(2,14)10(13(3)4)9-5-7-12-8-6-9/h5-8,10,14H,1-4H3. The topological polar surface area (TPSA) is 36.4 Å². The molecule has 0 amide bonds. The van der Waals surface area contributed by atoms with E-state index in [0.29, 0.717) is 0 Å². The highest BCUT2D eigenvalue weighted by Crippen LogP contribution is 2.28. The summed E-state index contributed by atoms with van der Waals surface area (Å²) in [7, 11) is 3.92. The average molecular weight is 194 g/mol. The molecule has 14 heavy (non-hydrogen) atoms. The molecule has 0 saturated carbocycles. The summed E-state index contributed by atoms with van der Waals surface area (Å²) in [6.07, 6.45) is 3.50. The molecule has 0 radical (unpaired) electrons. The van der Waals surface area contributed by atoms with Crippen LogP contribution in [0.5, 0.6) is 0 Å². The lowest BCUT2D eigenvalue weighted by molar-refractivity contribution is -0.00317. The lowest BCUT2D eigenvalue weighted by atomic mass is 9.92. The molecule has 3 heteroatoms. The number of aliphatic hydroxyl groups is 1. The Morgan fingerprint density at radius 1 is 1.29 bits per heavy atom. The first-order chi connectivity index (χ1) is 6.43. The first-order valence-electron chi connectivity index (χ1n) is 4.71. The second kappa shape index (κ2) is 4.07. The Balaban J connectivity index is 3.02. The number of rotatable bonds is 3. The summed E-state index contributed by atoms with van der Waals surface area (Å²) in [5.41, 5.74) is 0.322. The van der Waals surface area contributed by atoms with Crippen molar-refractivity contribution >= 4 is 0 Å². The van der Waals surface area contributed by atoms with Crippen LogP contribution in [0.15, 0.2) is 24.5 Å². The zero-order valence-corrected chi connectivity index (χ0v) is 9.23. The van der Waals surface area contributed by atoms with E-state index in [2.05, 4.69) is 4.98 Å². The van der Waals surface area contributed by atoms with E-state index in [9.17, 15) is 5.11 Å². The van der Waals surface area contributed by atoms with E-state index in [0.717, 1.165) is 5.56 Å². The Bertz CT molecular complexity index is 277. The van der Waals surface area contributed by atoms with Gasteiger partial charge in [0.15, 0.2) is 0 Å². The van der Waals surface area contributed by atoms with Crippen LogP contribution in [0, 0.1) is 0 Å². The van der Waals surface area contributed by atoms with Gasteiger partial charge in [-0.05, 0) is 45.6 Å². The van der Waals surface area contributed by atoms with E-state index in [4.69, 9.17) is 0 Å². The molecule has 0 aliphatic heterocycles. The van der Waals surface area contributed by atoms with Crippen molar-refractivity contribution < 1.29 is 5.11 Å². The molecule has 78 valence electrons. The van der Waals surface area contributed by atoms with Crippen molar-refractivity contribution in [1.29, 1.82) is 0 Å². The molecule has 1 atom stereocenters. The lowest BCUT2D eigenvalue weighted by Crippen LogP contribution is -2.38. The van der Waals surface area contributed by atoms with Gasteiger partial charge in [-0.3, -0.25) is 9.88 Å². The van der Waals surface area contributed by atoms with Crippen molar-refractivity contribution in [2.24, 2.45) is 0 Å². The molecule has 0 bridgehead atoms. The third-order valence-corrected chi connectivity index (χ3v) is 2.21. The minimum Gasteiger partial charge on any atom is -0.388 e. The molecule has 0 saturated heterocycles. The average Bonchev–Trinajstić information content (AvgIpc) is 2.02. The predicted molar refractivity (Wildman–Crippen MR) is 57.0 cm³/mol. The van der Waals surface area contributed by atoms with E-state index >= 15 is 0 Å². The number of pyridine rings is 1. The van der Waals surface area contributed by atoms with Gasteiger partial charge < -0.3 is 5.11 Å². The Labute approximate surface area is 85.4 Å². The monoisotopic (exact) mass is 194 g/mol. The van der Waals surface area contributed by atoms with Crippen molar-refractivity contribution in [3.8, 4) is 0 Å². The van der Waals surface area contributed by atoms with E-state index in [-0.39, 0.29) is 6.04 Å². The molecule has 1 aromatic rings. The van der Waals surface area contributed by atoms with Crippen molar-refractivity contribution in [3.05, 3.63) is 30.1 Å². The highest BCUT2D eigenvalue weighted by Gasteiger charge is 2.29. The van der Waals surface area contributed by atoms with Gasteiger partial charge in [0.2, 0.25) is 0 Å². The summed E-state index contributed by atoms with van der Waals surface area (Å²) >= 11 is 0. The molecule has 3 nitrogen and oxygen atoms in total. The van der Waals surface area contributed by atoms with Crippen LogP contribution in [0.25, 0.3) is 0 Å². The van der Waals surface area contributed by atoms with Crippen LogP contribution in [-0.4, -0.2) is 34.7 Å². The molecule has 0 spiro atoms. The Morgan fingerprint density at radius 2 is 1.79 bits per heavy atom. The molecule has 1 rings (SSSR count). The van der Waals surface area contributed by atoms with Crippen molar-refractivity contribution in [3.63, 3.8) is 0 Å². The van der Waals surface area contributed by atoms with Gasteiger partial charge in [-0.25, -0.2) is 0 Å². The molecular formula is C11H18N2O. The minimum atomic E-state index is -0.759. The van der Waals surface area contributed by atoms with Gasteiger partial charge in [-0.2, -0.15) is 0 Å². The molecular weight excluding hydrogens is 176 g/mol. The van der Waals surface area contributed by atoms with E-state index in [1.165, 1.54) is 0 Å². The third-order valence-electron chi connectivity index (χ3n) is 2.21. The molecule has 0 aromatic carbocycles. The van der Waals surface area contributed by atoms with Crippen LogP contribution in [0.2, 0.25) is 0 Å². The van der Waals surface area contributed by atoms with E-state index in [1.807, 2.05) is 45.0 Å². The summed E-state index contributed by atoms with van der Waals surface area (Å²) in [5, 5.41) is 10.0. The second-order valence-electron chi connectivity index (χ2n) is 4.30. The minimum absolute atomic E-state index is 0.00880. The first kappa shape index (κ1) is 11.1. The summed E-state index contributed by atoms with van der Waals surface area (Å²) in [6.45, 7) is 3.64. The normalized spacial score (nSPS) is 14.4. The van der Waals surface area contributed by atoms with Gasteiger partial charge in [0.25, 0.3) is 0 Å². The summed E-state index contributed by atoms with van der Waals surface area (Å²) in [5.74, 6) is 0. The molecule has 0 fully saturated rings. The van der Waals surface area contributed by atoms with Crippen LogP contribution < -0.4 is 0 Å². The third kappa shape index (κ3) is 2.53. The summed E-state index contributed by atoms with van der Waals surface area (Å²) < 4.78 is 0. The molecule has 0 aliphatic carbocycles. The molecule has 1 aromatic heterocycles. The van der Waals surface area contributed by atoms with Crippen LogP contribution >= 0.6 is 0 Å². The highest BCUT2D eigenvalue weighted by atomic mass is 16.3.